The van der Waals surface area contributed by atoms with E-state index in [0.29, 0.717) is 6.10 Å². The van der Waals surface area contributed by atoms with Crippen LogP contribution in [0.15, 0.2) is 18.2 Å². The molecule has 0 radical (unpaired) electrons. The predicted octanol–water partition coefficient (Wildman–Crippen LogP) is 1.86. The lowest BCUT2D eigenvalue weighted by atomic mass is 10.0. The summed E-state index contributed by atoms with van der Waals surface area (Å²) in [6.07, 6.45) is 4.76. The molecule has 2 heterocycles. The normalized spacial score (nSPS) is 29.4. The number of fused-ring (bicyclic) bond motifs is 3. The second-order valence-electron chi connectivity index (χ2n) is 3.31. The van der Waals surface area contributed by atoms with E-state index in [1.807, 2.05) is 13.0 Å². The third-order valence-corrected chi connectivity index (χ3v) is 2.36. The second-order valence-corrected chi connectivity index (χ2v) is 3.31. The molecule has 1 aliphatic heterocycles. The summed E-state index contributed by atoms with van der Waals surface area (Å²) in [5, 5.41) is 0. The smallest absolute Gasteiger partial charge is 0.131 e. The van der Waals surface area contributed by atoms with E-state index in [0.717, 1.165) is 11.4 Å². The van der Waals surface area contributed by atoms with Gasteiger partial charge >= 0.3 is 0 Å². The van der Waals surface area contributed by atoms with E-state index in [4.69, 9.17) is 4.74 Å². The van der Waals surface area contributed by atoms with Crippen molar-refractivity contribution in [1.29, 1.82) is 0 Å². The molecule has 60 valence electrons. The van der Waals surface area contributed by atoms with E-state index in [1.165, 1.54) is 5.56 Å². The van der Waals surface area contributed by atoms with Crippen LogP contribution in [0.25, 0.3) is 6.08 Å². The van der Waals surface area contributed by atoms with E-state index in [9.17, 15) is 0 Å². The van der Waals surface area contributed by atoms with Crippen molar-refractivity contribution in [2.24, 2.45) is 0 Å². The zero-order chi connectivity index (χ0) is 8.13. The molecule has 1 saturated heterocycles. The number of hydrogen-bond acceptors (Lipinski definition) is 2. The Kier molecular flexibility index (Phi) is 1.04. The zero-order valence-electron chi connectivity index (χ0n) is 6.82. The average molecular weight is 159 g/mol. The van der Waals surface area contributed by atoms with Gasteiger partial charge in [0, 0.05) is 5.69 Å². The van der Waals surface area contributed by atoms with Gasteiger partial charge in [-0.3, -0.25) is 4.98 Å². The van der Waals surface area contributed by atoms with Crippen molar-refractivity contribution >= 4 is 6.08 Å². The van der Waals surface area contributed by atoms with E-state index in [2.05, 4.69) is 23.2 Å². The maximum atomic E-state index is 5.41. The van der Waals surface area contributed by atoms with Crippen molar-refractivity contribution in [2.45, 2.75) is 19.1 Å². The van der Waals surface area contributed by atoms with Crippen molar-refractivity contribution in [3.05, 3.63) is 35.2 Å². The molecule has 2 heteroatoms. The van der Waals surface area contributed by atoms with Crippen molar-refractivity contribution in [3.63, 3.8) is 0 Å². The lowest BCUT2D eigenvalue weighted by molar-refractivity contribution is 0.392. The van der Waals surface area contributed by atoms with Crippen LogP contribution in [0.1, 0.15) is 23.1 Å². The number of epoxide rings is 1. The van der Waals surface area contributed by atoms with E-state index in [1.54, 1.807) is 0 Å². The van der Waals surface area contributed by atoms with Gasteiger partial charge in [0.2, 0.25) is 0 Å². The molecule has 0 aromatic carbocycles. The van der Waals surface area contributed by atoms with Gasteiger partial charge in [0.15, 0.2) is 0 Å². The molecule has 1 aliphatic carbocycles. The first-order chi connectivity index (χ1) is 5.84. The highest BCUT2D eigenvalue weighted by atomic mass is 16.6. The topological polar surface area (TPSA) is 25.4 Å². The van der Waals surface area contributed by atoms with Gasteiger partial charge in [-0.2, -0.15) is 0 Å². The molecule has 1 aromatic heterocycles. The van der Waals surface area contributed by atoms with Crippen molar-refractivity contribution in [1.82, 2.24) is 4.98 Å². The molecule has 1 aromatic rings. The van der Waals surface area contributed by atoms with Crippen molar-refractivity contribution in [3.8, 4) is 0 Å². The SMILES string of the molecule is Cc1ccc2c(n1)C1OC1C=C2. The van der Waals surface area contributed by atoms with Crippen LogP contribution < -0.4 is 0 Å². The fourth-order valence-corrected chi connectivity index (χ4v) is 1.65. The van der Waals surface area contributed by atoms with Gasteiger partial charge < -0.3 is 4.74 Å². The van der Waals surface area contributed by atoms with Gasteiger partial charge in [0.25, 0.3) is 0 Å². The molecule has 12 heavy (non-hydrogen) atoms. The Bertz CT molecular complexity index is 370. The van der Waals surface area contributed by atoms with Crippen LogP contribution in [0.4, 0.5) is 0 Å². The number of nitrogens with zero attached hydrogens (tertiary/aromatic N) is 1. The number of rotatable bonds is 0. The number of aryl methyl sites for hydroxylation is 1. The van der Waals surface area contributed by atoms with Crippen LogP contribution >= 0.6 is 0 Å². The van der Waals surface area contributed by atoms with Gasteiger partial charge in [0.05, 0.1) is 5.69 Å². The van der Waals surface area contributed by atoms with Crippen molar-refractivity contribution < 1.29 is 4.74 Å². The van der Waals surface area contributed by atoms with Crippen LogP contribution in [0.2, 0.25) is 0 Å². The Labute approximate surface area is 70.9 Å². The molecule has 2 aliphatic rings. The Morgan fingerprint density at radius 1 is 1.42 bits per heavy atom. The third kappa shape index (κ3) is 0.756. The monoisotopic (exact) mass is 159 g/mol. The van der Waals surface area contributed by atoms with Crippen molar-refractivity contribution in [2.75, 3.05) is 0 Å². The molecule has 1 fully saturated rings. The summed E-state index contributed by atoms with van der Waals surface area (Å²) in [7, 11) is 0. The largest absolute Gasteiger partial charge is 0.358 e. The third-order valence-electron chi connectivity index (χ3n) is 2.36. The minimum absolute atomic E-state index is 0.255. The average Bonchev–Trinajstić information content (AvgIpc) is 2.82. The highest BCUT2D eigenvalue weighted by molar-refractivity contribution is 5.58. The number of aromatic nitrogens is 1. The summed E-state index contributed by atoms with van der Waals surface area (Å²) in [5.41, 5.74) is 3.39. The maximum absolute atomic E-state index is 5.41. The van der Waals surface area contributed by atoms with Gasteiger partial charge in [-0.15, -0.1) is 0 Å². The molecule has 2 nitrogen and oxygen atoms in total. The predicted molar refractivity (Wildman–Crippen MR) is 45.6 cm³/mol. The number of pyridine rings is 1. The fourth-order valence-electron chi connectivity index (χ4n) is 1.65. The summed E-state index contributed by atoms with van der Waals surface area (Å²) < 4.78 is 5.41. The van der Waals surface area contributed by atoms with Crippen LogP contribution in [-0.2, 0) is 4.74 Å². The fraction of sp³-hybridized carbons (Fsp3) is 0.300. The van der Waals surface area contributed by atoms with E-state index >= 15 is 0 Å². The van der Waals surface area contributed by atoms with Crippen LogP contribution in [-0.4, -0.2) is 11.1 Å². The minimum Gasteiger partial charge on any atom is -0.358 e. The van der Waals surface area contributed by atoms with Crippen LogP contribution in [0.3, 0.4) is 0 Å². The molecule has 2 atom stereocenters. The summed E-state index contributed by atoms with van der Waals surface area (Å²) >= 11 is 0. The summed E-state index contributed by atoms with van der Waals surface area (Å²) in [4.78, 5) is 4.46. The Balaban J connectivity index is 2.22. The molecular weight excluding hydrogens is 150 g/mol. The Hall–Kier alpha value is -1.15. The van der Waals surface area contributed by atoms with Crippen LogP contribution in [0, 0.1) is 6.92 Å². The highest BCUT2D eigenvalue weighted by Crippen LogP contribution is 2.43. The maximum Gasteiger partial charge on any atom is 0.131 e. The molecule has 2 unspecified atom stereocenters. The van der Waals surface area contributed by atoms with Gasteiger partial charge in [-0.1, -0.05) is 18.2 Å². The molecular formula is C10H9NO. The molecule has 0 N–H and O–H groups in total. The summed E-state index contributed by atoms with van der Waals surface area (Å²) in [6.45, 7) is 2.01. The first kappa shape index (κ1) is 6.38. The lowest BCUT2D eigenvalue weighted by Gasteiger charge is -2.05. The highest BCUT2D eigenvalue weighted by Gasteiger charge is 2.42. The van der Waals surface area contributed by atoms with Gasteiger partial charge in [0.1, 0.15) is 12.2 Å². The quantitative estimate of drug-likeness (QED) is 0.540. The number of ether oxygens (including phenoxy) is 1. The molecule has 3 rings (SSSR count). The molecule has 0 amide bonds. The first-order valence-electron chi connectivity index (χ1n) is 4.16. The molecule has 0 spiro atoms. The summed E-state index contributed by atoms with van der Waals surface area (Å²) in [6, 6.07) is 4.14. The molecule has 0 saturated carbocycles. The van der Waals surface area contributed by atoms with Gasteiger partial charge in [-0.25, -0.2) is 0 Å². The zero-order valence-corrected chi connectivity index (χ0v) is 6.82. The minimum atomic E-state index is 0.255. The first-order valence-corrected chi connectivity index (χ1v) is 4.16. The Morgan fingerprint density at radius 2 is 2.33 bits per heavy atom. The van der Waals surface area contributed by atoms with Gasteiger partial charge in [-0.05, 0) is 18.6 Å². The molecule has 0 bridgehead atoms. The van der Waals surface area contributed by atoms with Crippen LogP contribution in [0.5, 0.6) is 0 Å². The van der Waals surface area contributed by atoms with E-state index in [-0.39, 0.29) is 6.10 Å². The standard InChI is InChI=1S/C10H9NO/c1-6-2-3-7-4-5-8-10(12-8)9(7)11-6/h2-5,8,10H,1H3. The summed E-state index contributed by atoms with van der Waals surface area (Å²) in [5.74, 6) is 0. The Morgan fingerprint density at radius 3 is 3.25 bits per heavy atom. The van der Waals surface area contributed by atoms with E-state index < -0.39 is 0 Å². The lowest BCUT2D eigenvalue weighted by Crippen LogP contribution is -1.99. The second kappa shape index (κ2) is 1.96. The number of hydrogen-bond donors (Lipinski definition) is 0.